The Kier molecular flexibility index (Phi) is 4.18. The van der Waals surface area contributed by atoms with E-state index in [1.54, 1.807) is 0 Å². The number of amides is 1. The molecule has 3 rings (SSSR count). The van der Waals surface area contributed by atoms with E-state index in [2.05, 4.69) is 39.9 Å². The lowest BCUT2D eigenvalue weighted by molar-refractivity contribution is -0.119. The van der Waals surface area contributed by atoms with E-state index in [-0.39, 0.29) is 5.91 Å². The fourth-order valence-corrected chi connectivity index (χ4v) is 2.77. The largest absolute Gasteiger partial charge is 0.314 e. The molecule has 0 aliphatic carbocycles. The number of nitrogens with one attached hydrogen (secondary N) is 2. The van der Waals surface area contributed by atoms with Crippen molar-refractivity contribution < 1.29 is 4.79 Å². The van der Waals surface area contributed by atoms with Gasteiger partial charge in [-0.25, -0.2) is 0 Å². The van der Waals surface area contributed by atoms with Crippen LogP contribution in [0.4, 0.5) is 5.69 Å². The van der Waals surface area contributed by atoms with E-state index in [9.17, 15) is 4.79 Å². The van der Waals surface area contributed by atoms with Crippen LogP contribution in [0, 0.1) is 0 Å². The maximum atomic E-state index is 11.3. The lowest BCUT2D eigenvalue weighted by atomic mass is 10.1. The molecule has 2 aliphatic rings. The van der Waals surface area contributed by atoms with E-state index in [4.69, 9.17) is 0 Å². The molecular formula is C15H22N4O. The van der Waals surface area contributed by atoms with E-state index < -0.39 is 0 Å². The molecular weight excluding hydrogens is 252 g/mol. The number of anilines is 1. The minimum absolute atomic E-state index is 0.108. The van der Waals surface area contributed by atoms with Gasteiger partial charge in [0.1, 0.15) is 0 Å². The first-order chi connectivity index (χ1) is 9.81. The maximum Gasteiger partial charge on any atom is 0.240 e. The van der Waals surface area contributed by atoms with Gasteiger partial charge in [0.15, 0.2) is 0 Å². The van der Waals surface area contributed by atoms with Gasteiger partial charge in [0.05, 0.1) is 5.69 Å². The van der Waals surface area contributed by atoms with Gasteiger partial charge in [-0.3, -0.25) is 15.2 Å². The van der Waals surface area contributed by atoms with Crippen molar-refractivity contribution in [2.24, 2.45) is 0 Å². The van der Waals surface area contributed by atoms with Crippen LogP contribution in [-0.2, 0) is 11.2 Å². The first-order valence-electron chi connectivity index (χ1n) is 7.40. The summed E-state index contributed by atoms with van der Waals surface area (Å²) in [5.74, 6) is 0.108. The molecule has 0 atom stereocenters. The number of hydrazine groups is 1. The van der Waals surface area contributed by atoms with Gasteiger partial charge >= 0.3 is 0 Å². The summed E-state index contributed by atoms with van der Waals surface area (Å²) < 4.78 is 0. The van der Waals surface area contributed by atoms with Crippen molar-refractivity contribution in [3.63, 3.8) is 0 Å². The topological polar surface area (TPSA) is 47.6 Å². The van der Waals surface area contributed by atoms with E-state index in [1.165, 1.54) is 5.56 Å². The summed E-state index contributed by atoms with van der Waals surface area (Å²) in [6.45, 7) is 6.35. The lowest BCUT2D eigenvalue weighted by Crippen LogP contribution is -2.44. The molecule has 1 amide bonds. The third-order valence-electron chi connectivity index (χ3n) is 3.97. The van der Waals surface area contributed by atoms with E-state index >= 15 is 0 Å². The third-order valence-corrected chi connectivity index (χ3v) is 3.97. The van der Waals surface area contributed by atoms with Crippen LogP contribution in [0.5, 0.6) is 0 Å². The molecule has 0 unspecified atom stereocenters. The third kappa shape index (κ3) is 3.29. The Morgan fingerprint density at radius 2 is 2.00 bits per heavy atom. The first kappa shape index (κ1) is 13.4. The van der Waals surface area contributed by atoms with Crippen molar-refractivity contribution in [3.8, 4) is 0 Å². The molecule has 20 heavy (non-hydrogen) atoms. The van der Waals surface area contributed by atoms with Crippen LogP contribution in [-0.4, -0.2) is 50.1 Å². The molecule has 0 spiro atoms. The zero-order chi connectivity index (χ0) is 13.8. The Bertz CT molecular complexity index is 471. The zero-order valence-corrected chi connectivity index (χ0v) is 11.8. The Hall–Kier alpha value is -1.59. The van der Waals surface area contributed by atoms with Gasteiger partial charge in [0.25, 0.3) is 0 Å². The van der Waals surface area contributed by atoms with E-state index in [1.807, 2.05) is 5.01 Å². The standard InChI is InChI=1S/C15H22N4O/c20-15-5-9-19(17-15)14-3-1-2-13(12-14)4-8-18-10-6-16-7-11-18/h1-3,12,16H,4-11H2,(H,17,20). The molecule has 2 saturated heterocycles. The van der Waals surface area contributed by atoms with Crippen LogP contribution in [0.15, 0.2) is 24.3 Å². The quantitative estimate of drug-likeness (QED) is 0.833. The number of hydrogen-bond donors (Lipinski definition) is 2. The monoisotopic (exact) mass is 274 g/mol. The first-order valence-corrected chi connectivity index (χ1v) is 7.40. The minimum Gasteiger partial charge on any atom is -0.314 e. The molecule has 0 radical (unpaired) electrons. The van der Waals surface area contributed by atoms with Crippen molar-refractivity contribution in [3.05, 3.63) is 29.8 Å². The van der Waals surface area contributed by atoms with Crippen LogP contribution >= 0.6 is 0 Å². The van der Waals surface area contributed by atoms with Crippen LogP contribution in [0.25, 0.3) is 0 Å². The van der Waals surface area contributed by atoms with Crippen molar-refractivity contribution in [1.82, 2.24) is 15.6 Å². The molecule has 2 N–H and O–H groups in total. The molecule has 2 fully saturated rings. The molecule has 0 saturated carbocycles. The predicted octanol–water partition coefficient (Wildman–Crippen LogP) is 0.376. The molecule has 0 bridgehead atoms. The second kappa shape index (κ2) is 6.24. The number of carbonyl (C=O) groups excluding carboxylic acids is 1. The summed E-state index contributed by atoms with van der Waals surface area (Å²) in [5, 5.41) is 5.32. The van der Waals surface area contributed by atoms with Gasteiger partial charge in [-0.1, -0.05) is 12.1 Å². The average Bonchev–Trinajstić information content (AvgIpc) is 2.93. The molecule has 5 heteroatoms. The van der Waals surface area contributed by atoms with Crippen molar-refractivity contribution >= 4 is 11.6 Å². The van der Waals surface area contributed by atoms with Crippen molar-refractivity contribution in [2.45, 2.75) is 12.8 Å². The van der Waals surface area contributed by atoms with E-state index in [0.717, 1.165) is 51.4 Å². The SMILES string of the molecule is O=C1CCN(c2cccc(CCN3CCNCC3)c2)N1. The van der Waals surface area contributed by atoms with Gasteiger partial charge in [-0.2, -0.15) is 0 Å². The Balaban J connectivity index is 1.58. The highest BCUT2D eigenvalue weighted by Gasteiger charge is 2.18. The zero-order valence-electron chi connectivity index (χ0n) is 11.8. The normalized spacial score (nSPS) is 20.2. The summed E-state index contributed by atoms with van der Waals surface area (Å²) in [6.07, 6.45) is 1.65. The number of carbonyl (C=O) groups is 1. The Morgan fingerprint density at radius 1 is 1.15 bits per heavy atom. The fourth-order valence-electron chi connectivity index (χ4n) is 2.77. The van der Waals surface area contributed by atoms with Crippen LogP contribution < -0.4 is 15.8 Å². The summed E-state index contributed by atoms with van der Waals surface area (Å²) in [4.78, 5) is 13.8. The van der Waals surface area contributed by atoms with Gasteiger partial charge in [0.2, 0.25) is 5.91 Å². The predicted molar refractivity (Wildman–Crippen MR) is 79.6 cm³/mol. The maximum absolute atomic E-state index is 11.3. The smallest absolute Gasteiger partial charge is 0.240 e. The summed E-state index contributed by atoms with van der Waals surface area (Å²) in [7, 11) is 0. The van der Waals surface area contributed by atoms with Gasteiger partial charge in [-0.05, 0) is 24.1 Å². The van der Waals surface area contributed by atoms with Gasteiger partial charge in [-0.15, -0.1) is 0 Å². The molecule has 1 aromatic rings. The molecule has 1 aromatic carbocycles. The van der Waals surface area contributed by atoms with Crippen LogP contribution in [0.3, 0.4) is 0 Å². The van der Waals surface area contributed by atoms with Gasteiger partial charge in [0, 0.05) is 45.7 Å². The van der Waals surface area contributed by atoms with Crippen molar-refractivity contribution in [2.75, 3.05) is 44.3 Å². The summed E-state index contributed by atoms with van der Waals surface area (Å²) >= 11 is 0. The number of nitrogens with zero attached hydrogens (tertiary/aromatic N) is 2. The second-order valence-corrected chi connectivity index (χ2v) is 5.45. The fraction of sp³-hybridized carbons (Fsp3) is 0.533. The van der Waals surface area contributed by atoms with Gasteiger partial charge < -0.3 is 10.2 Å². The van der Waals surface area contributed by atoms with Crippen LogP contribution in [0.2, 0.25) is 0 Å². The summed E-state index contributed by atoms with van der Waals surface area (Å²) in [5.41, 5.74) is 5.31. The molecule has 0 aromatic heterocycles. The average molecular weight is 274 g/mol. The number of benzene rings is 1. The molecule has 108 valence electrons. The number of piperazine rings is 1. The molecule has 5 nitrogen and oxygen atoms in total. The Morgan fingerprint density at radius 3 is 2.75 bits per heavy atom. The second-order valence-electron chi connectivity index (χ2n) is 5.45. The highest BCUT2D eigenvalue weighted by Crippen LogP contribution is 2.18. The molecule has 2 heterocycles. The highest BCUT2D eigenvalue weighted by molar-refractivity contribution is 5.81. The Labute approximate surface area is 119 Å². The van der Waals surface area contributed by atoms with E-state index in [0.29, 0.717) is 6.42 Å². The highest BCUT2D eigenvalue weighted by atomic mass is 16.2. The number of rotatable bonds is 4. The number of hydrogen-bond acceptors (Lipinski definition) is 4. The minimum atomic E-state index is 0.108. The van der Waals surface area contributed by atoms with Crippen LogP contribution in [0.1, 0.15) is 12.0 Å². The van der Waals surface area contributed by atoms with Crippen molar-refractivity contribution in [1.29, 1.82) is 0 Å². The lowest BCUT2D eigenvalue weighted by Gasteiger charge is -2.27. The molecule has 2 aliphatic heterocycles. The summed E-state index contributed by atoms with van der Waals surface area (Å²) in [6, 6.07) is 8.49.